The molecule has 7 heteroatoms. The Bertz CT molecular complexity index is 656. The highest BCUT2D eigenvalue weighted by molar-refractivity contribution is 5.84. The number of fused-ring (bicyclic) bond motifs is 1. The van der Waals surface area contributed by atoms with Gasteiger partial charge in [-0.25, -0.2) is 4.79 Å². The van der Waals surface area contributed by atoms with Crippen LogP contribution < -0.4 is 15.4 Å². The lowest BCUT2D eigenvalue weighted by Gasteiger charge is -2.38. The molecule has 1 atom stereocenters. The van der Waals surface area contributed by atoms with Crippen LogP contribution in [-0.2, 0) is 11.2 Å². The SMILES string of the molecule is CN(C)C(=O)NCC(=O)NC(c1ccc2c(c1)CCO2)C1CC(O)C1. The van der Waals surface area contributed by atoms with Crippen molar-refractivity contribution < 1.29 is 19.4 Å². The number of carbonyl (C=O) groups excluding carboxylic acids is 2. The van der Waals surface area contributed by atoms with Gasteiger partial charge in [-0.1, -0.05) is 6.07 Å². The molecule has 1 aliphatic carbocycles. The van der Waals surface area contributed by atoms with E-state index in [1.807, 2.05) is 12.1 Å². The van der Waals surface area contributed by atoms with Crippen molar-refractivity contribution >= 4 is 11.9 Å². The maximum absolute atomic E-state index is 12.3. The summed E-state index contributed by atoms with van der Waals surface area (Å²) in [5.41, 5.74) is 2.17. The number of hydrogen-bond donors (Lipinski definition) is 3. The standard InChI is InChI=1S/C18H25N3O4/c1-21(2)18(24)19-10-16(23)20-17(13-8-14(22)9-13)12-3-4-15-11(7-12)5-6-25-15/h3-4,7,13-14,17,22H,5-6,8-10H2,1-2H3,(H,19,24)(H,20,23). The Balaban J connectivity index is 1.68. The Morgan fingerprint density at radius 1 is 1.36 bits per heavy atom. The van der Waals surface area contributed by atoms with E-state index in [1.54, 1.807) is 14.1 Å². The van der Waals surface area contributed by atoms with Crippen molar-refractivity contribution in [3.63, 3.8) is 0 Å². The van der Waals surface area contributed by atoms with Crippen molar-refractivity contribution in [3.05, 3.63) is 29.3 Å². The zero-order valence-corrected chi connectivity index (χ0v) is 14.6. The zero-order chi connectivity index (χ0) is 18.0. The second-order valence-electron chi connectivity index (χ2n) is 6.95. The van der Waals surface area contributed by atoms with Gasteiger partial charge in [-0.15, -0.1) is 0 Å². The van der Waals surface area contributed by atoms with Crippen LogP contribution in [0.2, 0.25) is 0 Å². The van der Waals surface area contributed by atoms with Crippen molar-refractivity contribution in [1.82, 2.24) is 15.5 Å². The van der Waals surface area contributed by atoms with E-state index in [9.17, 15) is 14.7 Å². The number of ether oxygens (including phenoxy) is 1. The average Bonchev–Trinajstić information content (AvgIpc) is 3.02. The summed E-state index contributed by atoms with van der Waals surface area (Å²) in [6, 6.07) is 5.52. The third-order valence-corrected chi connectivity index (χ3v) is 4.82. The van der Waals surface area contributed by atoms with Gasteiger partial charge in [0, 0.05) is 20.5 Å². The number of urea groups is 1. The minimum absolute atomic E-state index is 0.0726. The molecule has 1 fully saturated rings. The predicted octanol–water partition coefficient (Wildman–Crippen LogP) is 0.821. The van der Waals surface area contributed by atoms with Crippen LogP contribution in [0.3, 0.4) is 0 Å². The quantitative estimate of drug-likeness (QED) is 0.735. The summed E-state index contributed by atoms with van der Waals surface area (Å²) in [6.07, 6.45) is 1.91. The van der Waals surface area contributed by atoms with Crippen LogP contribution in [-0.4, -0.2) is 55.3 Å². The number of nitrogens with zero attached hydrogens (tertiary/aromatic N) is 1. The molecule has 0 aromatic heterocycles. The maximum atomic E-state index is 12.3. The zero-order valence-electron chi connectivity index (χ0n) is 14.6. The molecular formula is C18H25N3O4. The van der Waals surface area contributed by atoms with Crippen molar-refractivity contribution in [2.24, 2.45) is 5.92 Å². The molecule has 1 heterocycles. The minimum atomic E-state index is -0.305. The van der Waals surface area contributed by atoms with E-state index in [4.69, 9.17) is 4.74 Å². The molecule has 7 nitrogen and oxygen atoms in total. The second kappa shape index (κ2) is 7.31. The average molecular weight is 347 g/mol. The van der Waals surface area contributed by atoms with Gasteiger partial charge >= 0.3 is 6.03 Å². The number of nitrogens with one attached hydrogen (secondary N) is 2. The van der Waals surface area contributed by atoms with Gasteiger partial charge in [-0.2, -0.15) is 0 Å². The molecule has 0 radical (unpaired) electrons. The molecule has 1 aromatic carbocycles. The number of rotatable bonds is 5. The first-order valence-electron chi connectivity index (χ1n) is 8.62. The van der Waals surface area contributed by atoms with Gasteiger partial charge in [0.05, 0.1) is 25.3 Å². The van der Waals surface area contributed by atoms with Gasteiger partial charge in [-0.3, -0.25) is 4.79 Å². The third kappa shape index (κ3) is 4.04. The van der Waals surface area contributed by atoms with Gasteiger partial charge in [0.25, 0.3) is 0 Å². The monoisotopic (exact) mass is 347 g/mol. The second-order valence-corrected chi connectivity index (χ2v) is 6.95. The molecule has 2 aliphatic rings. The van der Waals surface area contributed by atoms with Crippen LogP contribution in [0.5, 0.6) is 5.75 Å². The summed E-state index contributed by atoms with van der Waals surface area (Å²) in [5, 5.41) is 15.2. The van der Waals surface area contributed by atoms with E-state index in [1.165, 1.54) is 4.90 Å². The summed E-state index contributed by atoms with van der Waals surface area (Å²) in [4.78, 5) is 25.2. The first-order chi connectivity index (χ1) is 11.9. The smallest absolute Gasteiger partial charge is 0.317 e. The Morgan fingerprint density at radius 2 is 2.12 bits per heavy atom. The van der Waals surface area contributed by atoms with Gasteiger partial charge in [0.1, 0.15) is 5.75 Å². The molecule has 3 rings (SSSR count). The maximum Gasteiger partial charge on any atom is 0.317 e. The van der Waals surface area contributed by atoms with Crippen molar-refractivity contribution in [1.29, 1.82) is 0 Å². The Labute approximate surface area is 147 Å². The van der Waals surface area contributed by atoms with E-state index in [2.05, 4.69) is 16.7 Å². The van der Waals surface area contributed by atoms with E-state index < -0.39 is 0 Å². The number of carbonyl (C=O) groups is 2. The van der Waals surface area contributed by atoms with E-state index in [0.717, 1.165) is 23.3 Å². The number of benzene rings is 1. The molecule has 136 valence electrons. The fourth-order valence-electron chi connectivity index (χ4n) is 3.31. The summed E-state index contributed by atoms with van der Waals surface area (Å²) in [6.45, 7) is 0.616. The van der Waals surface area contributed by atoms with Crippen LogP contribution in [0.15, 0.2) is 18.2 Å². The normalized spacial score (nSPS) is 22.2. The molecule has 0 spiro atoms. The molecule has 1 aromatic rings. The highest BCUT2D eigenvalue weighted by Crippen LogP contribution is 2.39. The fraction of sp³-hybridized carbons (Fsp3) is 0.556. The first kappa shape index (κ1) is 17.5. The van der Waals surface area contributed by atoms with Crippen LogP contribution in [0.1, 0.15) is 30.0 Å². The topological polar surface area (TPSA) is 90.9 Å². The Morgan fingerprint density at radius 3 is 2.80 bits per heavy atom. The summed E-state index contributed by atoms with van der Waals surface area (Å²) in [5.74, 6) is 0.864. The number of amides is 3. The molecule has 3 amide bonds. The molecule has 1 saturated carbocycles. The Kier molecular flexibility index (Phi) is 5.13. The summed E-state index contributed by atoms with van der Waals surface area (Å²) >= 11 is 0. The van der Waals surface area contributed by atoms with Crippen molar-refractivity contribution in [3.8, 4) is 5.75 Å². The van der Waals surface area contributed by atoms with Gasteiger partial charge in [-0.05, 0) is 42.0 Å². The fourth-order valence-corrected chi connectivity index (χ4v) is 3.31. The molecule has 3 N–H and O–H groups in total. The molecule has 1 unspecified atom stereocenters. The van der Waals surface area contributed by atoms with Gasteiger partial charge in [0.2, 0.25) is 5.91 Å². The van der Waals surface area contributed by atoms with Gasteiger partial charge in [0.15, 0.2) is 0 Å². The molecule has 0 saturated heterocycles. The van der Waals surface area contributed by atoms with Crippen molar-refractivity contribution in [2.45, 2.75) is 31.4 Å². The largest absolute Gasteiger partial charge is 0.493 e. The van der Waals surface area contributed by atoms with Crippen LogP contribution in [0.4, 0.5) is 4.79 Å². The number of aliphatic hydroxyl groups excluding tert-OH is 1. The Hall–Kier alpha value is -2.28. The number of hydrogen-bond acceptors (Lipinski definition) is 4. The number of aliphatic hydroxyl groups is 1. The van der Waals surface area contributed by atoms with Crippen LogP contribution in [0.25, 0.3) is 0 Å². The molecule has 25 heavy (non-hydrogen) atoms. The molecule has 0 bridgehead atoms. The van der Waals surface area contributed by atoms with E-state index >= 15 is 0 Å². The summed E-state index contributed by atoms with van der Waals surface area (Å²) in [7, 11) is 3.25. The summed E-state index contributed by atoms with van der Waals surface area (Å²) < 4.78 is 5.54. The lowest BCUT2D eigenvalue weighted by Crippen LogP contribution is -2.46. The van der Waals surface area contributed by atoms with Crippen LogP contribution in [0, 0.1) is 5.92 Å². The minimum Gasteiger partial charge on any atom is -0.493 e. The highest BCUT2D eigenvalue weighted by atomic mass is 16.5. The van der Waals surface area contributed by atoms with Gasteiger partial charge < -0.3 is 25.4 Å². The molecular weight excluding hydrogens is 322 g/mol. The highest BCUT2D eigenvalue weighted by Gasteiger charge is 2.36. The van der Waals surface area contributed by atoms with Crippen molar-refractivity contribution in [2.75, 3.05) is 27.2 Å². The third-order valence-electron chi connectivity index (χ3n) is 4.82. The van der Waals surface area contributed by atoms with Crippen LogP contribution >= 0.6 is 0 Å². The lowest BCUT2D eigenvalue weighted by molar-refractivity contribution is -0.122. The lowest BCUT2D eigenvalue weighted by atomic mass is 9.75. The predicted molar refractivity (Wildman–Crippen MR) is 92.3 cm³/mol. The molecule has 1 aliphatic heterocycles. The van der Waals surface area contributed by atoms with E-state index in [-0.39, 0.29) is 36.5 Å². The first-order valence-corrected chi connectivity index (χ1v) is 8.62. The van der Waals surface area contributed by atoms with E-state index in [0.29, 0.717) is 19.4 Å².